The number of H-pyrrole nitrogens is 1. The molecule has 152 valence electrons. The molecule has 30 heavy (non-hydrogen) atoms. The lowest BCUT2D eigenvalue weighted by Crippen LogP contribution is -2.19. The SMILES string of the molecule is Cc1cc(NC(=O)c2cc(Cl)ccc2[N+](=O)[O-])n(-c2nc3c(cnn3C)c(=O)[nH]2)n1. The molecule has 3 heterocycles. The molecule has 0 saturated heterocycles. The molecular formula is C17H13ClN8O4. The van der Waals surface area contributed by atoms with Gasteiger partial charge in [0, 0.05) is 24.2 Å². The molecule has 1 aromatic carbocycles. The van der Waals surface area contributed by atoms with Gasteiger partial charge in [-0.25, -0.2) is 0 Å². The van der Waals surface area contributed by atoms with E-state index < -0.39 is 22.1 Å². The summed E-state index contributed by atoms with van der Waals surface area (Å²) in [5.74, 6) is -0.578. The van der Waals surface area contributed by atoms with E-state index in [2.05, 4.69) is 25.5 Å². The quantitative estimate of drug-likeness (QED) is 0.372. The highest BCUT2D eigenvalue weighted by molar-refractivity contribution is 6.31. The van der Waals surface area contributed by atoms with E-state index in [9.17, 15) is 19.7 Å². The lowest BCUT2D eigenvalue weighted by Gasteiger charge is -2.09. The minimum absolute atomic E-state index is 0.0418. The normalized spacial score (nSPS) is 11.0. The second-order valence-corrected chi connectivity index (χ2v) is 6.79. The van der Waals surface area contributed by atoms with E-state index >= 15 is 0 Å². The van der Waals surface area contributed by atoms with Gasteiger partial charge in [0.25, 0.3) is 17.2 Å². The van der Waals surface area contributed by atoms with Crippen LogP contribution in [0.15, 0.2) is 35.3 Å². The van der Waals surface area contributed by atoms with Gasteiger partial charge in [0.2, 0.25) is 5.95 Å². The van der Waals surface area contributed by atoms with Crippen LogP contribution in [0.5, 0.6) is 0 Å². The molecule has 0 aliphatic rings. The number of anilines is 1. The molecule has 0 radical (unpaired) electrons. The van der Waals surface area contributed by atoms with Crippen molar-refractivity contribution in [3.63, 3.8) is 0 Å². The third kappa shape index (κ3) is 3.28. The van der Waals surface area contributed by atoms with Crippen LogP contribution in [0, 0.1) is 17.0 Å². The van der Waals surface area contributed by atoms with Crippen LogP contribution >= 0.6 is 11.6 Å². The highest BCUT2D eigenvalue weighted by Crippen LogP contribution is 2.24. The zero-order valence-corrected chi connectivity index (χ0v) is 16.3. The van der Waals surface area contributed by atoms with Gasteiger partial charge >= 0.3 is 0 Å². The first-order valence-electron chi connectivity index (χ1n) is 8.49. The molecule has 4 rings (SSSR count). The number of nitrogens with zero attached hydrogens (tertiary/aromatic N) is 6. The molecule has 2 N–H and O–H groups in total. The molecule has 0 aliphatic heterocycles. The number of halogens is 1. The van der Waals surface area contributed by atoms with Crippen LogP contribution in [0.25, 0.3) is 17.0 Å². The number of rotatable bonds is 4. The Bertz CT molecular complexity index is 1390. The van der Waals surface area contributed by atoms with Crippen molar-refractivity contribution in [2.75, 3.05) is 5.32 Å². The Balaban J connectivity index is 1.78. The van der Waals surface area contributed by atoms with E-state index in [0.29, 0.717) is 16.7 Å². The first kappa shape index (κ1) is 19.3. The standard InChI is InChI=1S/C17H13ClN8O4/c1-8-5-13(20-15(27)10-6-9(18)3-4-12(10)26(29)30)25(23-8)17-21-14-11(16(28)22-17)7-19-24(14)2/h3-7H,1-2H3,(H,20,27)(H,21,22,28). The van der Waals surface area contributed by atoms with Crippen LogP contribution in [0.4, 0.5) is 11.5 Å². The van der Waals surface area contributed by atoms with Gasteiger partial charge in [0.05, 0.1) is 16.8 Å². The average Bonchev–Trinajstić information content (AvgIpc) is 3.24. The molecule has 3 aromatic heterocycles. The molecule has 0 unspecified atom stereocenters. The number of aryl methyl sites for hydroxylation is 2. The predicted octanol–water partition coefficient (Wildman–Crippen LogP) is 1.96. The highest BCUT2D eigenvalue weighted by Gasteiger charge is 2.23. The molecule has 0 fully saturated rings. The maximum atomic E-state index is 12.8. The number of benzene rings is 1. The summed E-state index contributed by atoms with van der Waals surface area (Å²) in [6.45, 7) is 1.68. The number of carbonyl (C=O) groups is 1. The number of aromatic nitrogens is 6. The lowest BCUT2D eigenvalue weighted by molar-refractivity contribution is -0.385. The fourth-order valence-corrected chi connectivity index (χ4v) is 3.08. The summed E-state index contributed by atoms with van der Waals surface area (Å²) in [5, 5.41) is 22.5. The van der Waals surface area contributed by atoms with E-state index in [4.69, 9.17) is 11.6 Å². The summed E-state index contributed by atoms with van der Waals surface area (Å²) in [6.07, 6.45) is 1.39. The van der Waals surface area contributed by atoms with Crippen LogP contribution in [0.3, 0.4) is 0 Å². The molecule has 13 heteroatoms. The minimum Gasteiger partial charge on any atom is -0.306 e. The first-order valence-corrected chi connectivity index (χ1v) is 8.87. The number of nitro groups is 1. The van der Waals surface area contributed by atoms with E-state index in [-0.39, 0.29) is 22.4 Å². The van der Waals surface area contributed by atoms with Gasteiger partial charge in [-0.15, -0.1) is 0 Å². The Hall–Kier alpha value is -4.06. The molecule has 0 atom stereocenters. The van der Waals surface area contributed by atoms with Crippen molar-refractivity contribution in [3.05, 3.63) is 67.2 Å². The van der Waals surface area contributed by atoms with Gasteiger partial charge in [0.1, 0.15) is 16.8 Å². The number of carbonyl (C=O) groups excluding carboxylic acids is 1. The summed E-state index contributed by atoms with van der Waals surface area (Å²) in [5.41, 5.74) is -0.216. The maximum Gasteiger partial charge on any atom is 0.282 e. The summed E-state index contributed by atoms with van der Waals surface area (Å²) in [4.78, 5) is 42.6. The van der Waals surface area contributed by atoms with Crippen molar-refractivity contribution in [1.82, 2.24) is 29.5 Å². The maximum absolute atomic E-state index is 12.8. The van der Waals surface area contributed by atoms with E-state index in [0.717, 1.165) is 6.07 Å². The van der Waals surface area contributed by atoms with E-state index in [1.807, 2.05) is 0 Å². The van der Waals surface area contributed by atoms with Gasteiger partial charge in [0.15, 0.2) is 5.65 Å². The number of amides is 1. The Morgan fingerprint density at radius 2 is 2.10 bits per heavy atom. The van der Waals surface area contributed by atoms with E-state index in [1.165, 1.54) is 33.8 Å². The number of nitrogens with one attached hydrogen (secondary N) is 2. The van der Waals surface area contributed by atoms with Crippen molar-refractivity contribution < 1.29 is 9.72 Å². The second kappa shape index (κ2) is 7.08. The van der Waals surface area contributed by atoms with E-state index in [1.54, 1.807) is 14.0 Å². The fraction of sp³-hybridized carbons (Fsp3) is 0.118. The first-order chi connectivity index (χ1) is 14.2. The fourth-order valence-electron chi connectivity index (χ4n) is 2.90. The smallest absolute Gasteiger partial charge is 0.282 e. The van der Waals surface area contributed by atoms with Gasteiger partial charge in [-0.2, -0.15) is 19.9 Å². The summed E-state index contributed by atoms with van der Waals surface area (Å²) in [7, 11) is 1.63. The molecule has 4 aromatic rings. The molecule has 0 spiro atoms. The summed E-state index contributed by atoms with van der Waals surface area (Å²) in [6, 6.07) is 5.20. The Kier molecular flexibility index (Phi) is 4.54. The van der Waals surface area contributed by atoms with Crippen LogP contribution in [0.1, 0.15) is 16.1 Å². The number of fused-ring (bicyclic) bond motifs is 1. The average molecular weight is 429 g/mol. The molecule has 1 amide bonds. The van der Waals surface area contributed by atoms with Gasteiger partial charge in [-0.05, 0) is 19.1 Å². The highest BCUT2D eigenvalue weighted by atomic mass is 35.5. The lowest BCUT2D eigenvalue weighted by atomic mass is 10.1. The third-order valence-corrected chi connectivity index (χ3v) is 4.50. The number of aromatic amines is 1. The molecule has 0 aliphatic carbocycles. The Labute approximate surface area is 172 Å². The van der Waals surface area contributed by atoms with Crippen LogP contribution < -0.4 is 10.9 Å². The van der Waals surface area contributed by atoms with Crippen LogP contribution in [-0.2, 0) is 7.05 Å². The van der Waals surface area contributed by atoms with Crippen molar-refractivity contribution >= 4 is 40.0 Å². The predicted molar refractivity (Wildman–Crippen MR) is 107 cm³/mol. The third-order valence-electron chi connectivity index (χ3n) is 4.26. The van der Waals surface area contributed by atoms with Gasteiger partial charge < -0.3 is 5.32 Å². The van der Waals surface area contributed by atoms with Crippen LogP contribution in [0.2, 0.25) is 5.02 Å². The minimum atomic E-state index is -0.769. The van der Waals surface area contributed by atoms with Crippen molar-refractivity contribution in [2.45, 2.75) is 6.92 Å². The number of nitro benzene ring substituents is 1. The van der Waals surface area contributed by atoms with Crippen molar-refractivity contribution in [2.24, 2.45) is 7.05 Å². The van der Waals surface area contributed by atoms with Gasteiger partial charge in [-0.3, -0.25) is 29.4 Å². The number of hydrogen-bond acceptors (Lipinski definition) is 7. The zero-order chi connectivity index (χ0) is 21.6. The van der Waals surface area contributed by atoms with Gasteiger partial charge in [-0.1, -0.05) is 11.6 Å². The molecule has 12 nitrogen and oxygen atoms in total. The zero-order valence-electron chi connectivity index (χ0n) is 15.6. The largest absolute Gasteiger partial charge is 0.306 e. The topological polar surface area (TPSA) is 154 Å². The second-order valence-electron chi connectivity index (χ2n) is 6.35. The summed E-state index contributed by atoms with van der Waals surface area (Å²) >= 11 is 5.90. The Morgan fingerprint density at radius 1 is 1.33 bits per heavy atom. The van der Waals surface area contributed by atoms with Crippen molar-refractivity contribution in [1.29, 1.82) is 0 Å². The molecular weight excluding hydrogens is 416 g/mol. The molecule has 0 saturated carbocycles. The Morgan fingerprint density at radius 3 is 2.83 bits per heavy atom. The monoisotopic (exact) mass is 428 g/mol. The number of hydrogen-bond donors (Lipinski definition) is 2. The molecule has 0 bridgehead atoms. The van der Waals surface area contributed by atoms with Crippen molar-refractivity contribution in [3.8, 4) is 5.95 Å². The summed E-state index contributed by atoms with van der Waals surface area (Å²) < 4.78 is 2.65. The van der Waals surface area contributed by atoms with Crippen LogP contribution in [-0.4, -0.2) is 40.4 Å².